The summed E-state index contributed by atoms with van der Waals surface area (Å²) >= 11 is 0. The maximum atomic E-state index is 5.24. The highest BCUT2D eigenvalue weighted by atomic mass is 16.5. The zero-order valence-corrected chi connectivity index (χ0v) is 9.91. The summed E-state index contributed by atoms with van der Waals surface area (Å²) < 4.78 is 11.1. The van der Waals surface area contributed by atoms with E-state index in [-0.39, 0.29) is 0 Å². The third kappa shape index (κ3) is 3.44. The fraction of sp³-hybridized carbons (Fsp3) is 0.417. The lowest BCUT2D eigenvalue weighted by Gasteiger charge is -2.32. The van der Waals surface area contributed by atoms with Gasteiger partial charge >= 0.3 is 0 Å². The molecule has 3 nitrogen and oxygen atoms in total. The first-order chi connectivity index (χ1) is 6.96. The molecule has 0 N–H and O–H groups in total. The van der Waals surface area contributed by atoms with Crippen molar-refractivity contribution in [2.24, 2.45) is 0 Å². The molecule has 0 saturated heterocycles. The van der Waals surface area contributed by atoms with Gasteiger partial charge in [-0.05, 0) is 18.2 Å². The number of nitrogens with zero attached hydrogens (tertiary/aromatic N) is 1. The van der Waals surface area contributed by atoms with Gasteiger partial charge in [-0.3, -0.25) is 0 Å². The fourth-order valence-corrected chi connectivity index (χ4v) is 1.47. The van der Waals surface area contributed by atoms with Crippen LogP contribution >= 0.6 is 0 Å². The summed E-state index contributed by atoms with van der Waals surface area (Å²) in [6.45, 7) is 0.861. The van der Waals surface area contributed by atoms with E-state index in [1.807, 2.05) is 18.2 Å². The van der Waals surface area contributed by atoms with Gasteiger partial charge in [-0.2, -0.15) is 0 Å². The van der Waals surface area contributed by atoms with Crippen LogP contribution in [-0.2, 0) is 6.54 Å². The minimum absolute atomic E-state index is 0.648. The highest BCUT2D eigenvalue weighted by molar-refractivity contribution is 5.42. The average molecular weight is 209 g/mol. The zero-order chi connectivity index (χ0) is 11.5. The first-order valence-corrected chi connectivity index (χ1v) is 4.84. The number of ether oxygens (including phenoxy) is 2. The second kappa shape index (κ2) is 4.53. The summed E-state index contributed by atoms with van der Waals surface area (Å²) in [7, 11) is 11.4. The van der Waals surface area contributed by atoms with E-state index >= 15 is 0 Å². The van der Waals surface area contributed by atoms with Gasteiger partial charge in [-0.15, -0.1) is 7.05 Å². The average Bonchev–Trinajstić information content (AvgIpc) is 2.15. The molecule has 0 unspecified atom stereocenters. The van der Waals surface area contributed by atoms with E-state index in [1.165, 1.54) is 5.56 Å². The van der Waals surface area contributed by atoms with Crippen molar-refractivity contribution in [3.8, 4) is 11.5 Å². The van der Waals surface area contributed by atoms with Gasteiger partial charge < -0.3 is 14.0 Å². The molecule has 1 aromatic rings. The van der Waals surface area contributed by atoms with E-state index in [4.69, 9.17) is 9.47 Å². The van der Waals surface area contributed by atoms with E-state index in [2.05, 4.69) is 21.1 Å². The quantitative estimate of drug-likeness (QED) is 0.558. The van der Waals surface area contributed by atoms with Crippen LogP contribution in [0.3, 0.4) is 0 Å². The van der Waals surface area contributed by atoms with Gasteiger partial charge in [0, 0.05) is 19.7 Å². The molecule has 0 heterocycles. The van der Waals surface area contributed by atoms with E-state index < -0.39 is 0 Å². The Hall–Kier alpha value is -1.22. The van der Waals surface area contributed by atoms with E-state index in [0.29, 0.717) is 4.48 Å². The molecule has 0 radical (unpaired) electrons. The minimum Gasteiger partial charge on any atom is -0.493 e. The summed E-state index contributed by atoms with van der Waals surface area (Å²) in [5.74, 6) is 1.53. The molecule has 0 aliphatic carbocycles. The van der Waals surface area contributed by atoms with Crippen molar-refractivity contribution in [3.05, 3.63) is 30.8 Å². The number of quaternary nitrogens is 1. The molecular weight excluding hydrogens is 190 g/mol. The second-order valence-corrected chi connectivity index (χ2v) is 4.28. The number of benzene rings is 1. The van der Waals surface area contributed by atoms with Crippen LogP contribution in [0.25, 0.3) is 0 Å². The predicted molar refractivity (Wildman–Crippen MR) is 60.7 cm³/mol. The minimum atomic E-state index is 0.648. The summed E-state index contributed by atoms with van der Waals surface area (Å²) in [6, 6.07) is 5.94. The number of methoxy groups -OCH3 is 2. The Bertz CT molecular complexity index is 329. The molecule has 0 aromatic heterocycles. The Morgan fingerprint density at radius 3 is 2.20 bits per heavy atom. The number of hydrogen-bond acceptors (Lipinski definition) is 2. The molecule has 0 amide bonds. The Balaban J connectivity index is 2.93. The zero-order valence-electron chi connectivity index (χ0n) is 9.91. The number of rotatable bonds is 4. The van der Waals surface area contributed by atoms with Crippen molar-refractivity contribution in [2.45, 2.75) is 6.54 Å². The van der Waals surface area contributed by atoms with Crippen molar-refractivity contribution >= 4 is 0 Å². The molecule has 1 aromatic carbocycles. The highest BCUT2D eigenvalue weighted by Crippen LogP contribution is 2.28. The lowest BCUT2D eigenvalue weighted by molar-refractivity contribution is -0.859. The normalized spacial score (nSPS) is 11.3. The molecule has 0 aliphatic rings. The van der Waals surface area contributed by atoms with Gasteiger partial charge in [0.2, 0.25) is 0 Å². The Morgan fingerprint density at radius 1 is 1.13 bits per heavy atom. The Kier molecular flexibility index (Phi) is 3.58. The molecular formula is C12H19NO2. The van der Waals surface area contributed by atoms with Gasteiger partial charge in [0.25, 0.3) is 0 Å². The first kappa shape index (κ1) is 11.9. The van der Waals surface area contributed by atoms with Crippen molar-refractivity contribution in [1.29, 1.82) is 0 Å². The summed E-state index contributed by atoms with van der Waals surface area (Å²) in [5.41, 5.74) is 1.19. The highest BCUT2D eigenvalue weighted by Gasteiger charge is 2.08. The van der Waals surface area contributed by atoms with Crippen molar-refractivity contribution in [1.82, 2.24) is 0 Å². The largest absolute Gasteiger partial charge is 0.493 e. The maximum Gasteiger partial charge on any atom is 0.161 e. The van der Waals surface area contributed by atoms with Crippen LogP contribution in [0.5, 0.6) is 11.5 Å². The van der Waals surface area contributed by atoms with Crippen LogP contribution in [0.2, 0.25) is 0 Å². The lowest BCUT2D eigenvalue weighted by Crippen LogP contribution is -2.30. The Morgan fingerprint density at radius 2 is 1.73 bits per heavy atom. The van der Waals surface area contributed by atoms with Gasteiger partial charge in [-0.1, -0.05) is 0 Å². The smallest absolute Gasteiger partial charge is 0.161 e. The van der Waals surface area contributed by atoms with Crippen LogP contribution in [0.1, 0.15) is 5.56 Å². The molecule has 84 valence electrons. The van der Waals surface area contributed by atoms with Crippen LogP contribution in [-0.4, -0.2) is 32.8 Å². The molecule has 0 bridgehead atoms. The predicted octanol–water partition coefficient (Wildman–Crippen LogP) is 2.07. The molecule has 1 rings (SSSR count). The number of hydrogen-bond donors (Lipinski definition) is 0. The monoisotopic (exact) mass is 209 g/mol. The van der Waals surface area contributed by atoms with Crippen LogP contribution < -0.4 is 9.47 Å². The third-order valence-corrected chi connectivity index (χ3v) is 2.06. The second-order valence-electron chi connectivity index (χ2n) is 4.28. The van der Waals surface area contributed by atoms with Crippen LogP contribution in [0.4, 0.5) is 0 Å². The summed E-state index contributed by atoms with van der Waals surface area (Å²) in [4.78, 5) is 0. The molecule has 15 heavy (non-hydrogen) atoms. The van der Waals surface area contributed by atoms with Crippen molar-refractivity contribution < 1.29 is 14.0 Å². The van der Waals surface area contributed by atoms with Crippen molar-refractivity contribution in [3.63, 3.8) is 0 Å². The molecule has 0 atom stereocenters. The maximum absolute atomic E-state index is 5.24. The van der Waals surface area contributed by atoms with Crippen LogP contribution in [0, 0.1) is 7.05 Å². The van der Waals surface area contributed by atoms with Gasteiger partial charge in [0.05, 0.1) is 20.8 Å². The van der Waals surface area contributed by atoms with Crippen molar-refractivity contribution in [2.75, 3.05) is 28.3 Å². The summed E-state index contributed by atoms with van der Waals surface area (Å²) in [5, 5.41) is 0. The molecule has 0 spiro atoms. The molecule has 3 heteroatoms. The van der Waals surface area contributed by atoms with E-state index in [1.54, 1.807) is 14.2 Å². The molecule has 0 aliphatic heterocycles. The van der Waals surface area contributed by atoms with Gasteiger partial charge in [0.15, 0.2) is 11.5 Å². The topological polar surface area (TPSA) is 18.5 Å². The van der Waals surface area contributed by atoms with Gasteiger partial charge in [0.1, 0.15) is 0 Å². The van der Waals surface area contributed by atoms with E-state index in [9.17, 15) is 0 Å². The lowest BCUT2D eigenvalue weighted by atomic mass is 10.2. The standard InChI is InChI=1S/C12H19NO2/c1-13(2,3)9-10-6-7-11(14-4)12(8-10)15-5/h6-8H,1,9H2,2-5H3. The van der Waals surface area contributed by atoms with Crippen LogP contribution in [0.15, 0.2) is 18.2 Å². The van der Waals surface area contributed by atoms with Gasteiger partial charge in [-0.25, -0.2) is 0 Å². The Labute approximate surface area is 91.8 Å². The molecule has 0 fully saturated rings. The fourth-order valence-electron chi connectivity index (χ4n) is 1.47. The van der Waals surface area contributed by atoms with E-state index in [0.717, 1.165) is 18.0 Å². The first-order valence-electron chi connectivity index (χ1n) is 4.84. The summed E-state index contributed by atoms with van der Waals surface area (Å²) in [6.07, 6.45) is 0. The third-order valence-electron chi connectivity index (χ3n) is 2.06. The molecule has 0 saturated carbocycles. The SMILES string of the molecule is [CH2-][N+](C)(C)Cc1ccc(OC)c(OC)c1.